The maximum atomic E-state index is 12.3. The fourth-order valence-corrected chi connectivity index (χ4v) is 3.15. The number of rotatable bonds is 5. The predicted molar refractivity (Wildman–Crippen MR) is 98.8 cm³/mol. The van der Waals surface area contributed by atoms with Gasteiger partial charge in [-0.15, -0.1) is 11.3 Å². The summed E-state index contributed by atoms with van der Waals surface area (Å²) in [6, 6.07) is 8.87. The monoisotopic (exact) mass is 375 g/mol. The van der Waals surface area contributed by atoms with Gasteiger partial charge in [-0.3, -0.25) is 4.79 Å². The third-order valence-corrected chi connectivity index (χ3v) is 5.11. The molecular weight excluding hydrogens is 358 g/mol. The number of thiophene rings is 1. The number of nitrogens with one attached hydrogen (secondary N) is 1. The summed E-state index contributed by atoms with van der Waals surface area (Å²) in [6.45, 7) is 5.92. The molecule has 130 valence electrons. The molecule has 25 heavy (non-hydrogen) atoms. The molecule has 1 N–H and O–H groups in total. The molecule has 0 bridgehead atoms. The van der Waals surface area contributed by atoms with Crippen molar-refractivity contribution < 1.29 is 9.32 Å². The van der Waals surface area contributed by atoms with Crippen LogP contribution in [0.2, 0.25) is 5.02 Å². The van der Waals surface area contributed by atoms with Gasteiger partial charge in [-0.2, -0.15) is 4.98 Å². The zero-order valence-electron chi connectivity index (χ0n) is 14.1. The van der Waals surface area contributed by atoms with Crippen LogP contribution in [0.25, 0.3) is 11.4 Å². The van der Waals surface area contributed by atoms with E-state index in [2.05, 4.69) is 15.5 Å². The summed E-state index contributed by atoms with van der Waals surface area (Å²) < 4.78 is 5.42. The van der Waals surface area contributed by atoms with Gasteiger partial charge in [-0.1, -0.05) is 48.8 Å². The molecule has 1 amide bonds. The summed E-state index contributed by atoms with van der Waals surface area (Å²) in [5, 5.41) is 9.52. The first-order valence-electron chi connectivity index (χ1n) is 7.90. The quantitative estimate of drug-likeness (QED) is 0.689. The van der Waals surface area contributed by atoms with Gasteiger partial charge in [-0.25, -0.2) is 0 Å². The molecular formula is C18H18ClN3O2S. The maximum absolute atomic E-state index is 12.3. The average molecular weight is 376 g/mol. The molecule has 7 heteroatoms. The second-order valence-corrected chi connectivity index (χ2v) is 7.45. The van der Waals surface area contributed by atoms with Crippen LogP contribution in [0.4, 0.5) is 0 Å². The van der Waals surface area contributed by atoms with Gasteiger partial charge in [-0.05, 0) is 35.9 Å². The first-order valence-corrected chi connectivity index (χ1v) is 9.16. The molecule has 2 heterocycles. The van der Waals surface area contributed by atoms with E-state index in [1.165, 1.54) is 11.3 Å². The number of hydrogen-bond donors (Lipinski definition) is 1. The number of amides is 1. The molecule has 0 saturated carbocycles. The second-order valence-electron chi connectivity index (χ2n) is 6.09. The lowest BCUT2D eigenvalue weighted by Gasteiger charge is -2.17. The van der Waals surface area contributed by atoms with E-state index in [0.717, 1.165) is 11.1 Å². The molecule has 0 spiro atoms. The summed E-state index contributed by atoms with van der Waals surface area (Å²) in [4.78, 5) is 17.5. The molecule has 1 atom stereocenters. The van der Waals surface area contributed by atoms with Gasteiger partial charge < -0.3 is 9.84 Å². The van der Waals surface area contributed by atoms with Gasteiger partial charge >= 0.3 is 0 Å². The first-order chi connectivity index (χ1) is 12.0. The Balaban J connectivity index is 1.84. The smallest absolute Gasteiger partial charge is 0.262 e. The minimum atomic E-state index is -0.364. The van der Waals surface area contributed by atoms with E-state index in [9.17, 15) is 4.79 Å². The fraction of sp³-hybridized carbons (Fsp3) is 0.278. The van der Waals surface area contributed by atoms with Crippen LogP contribution in [0.1, 0.15) is 41.0 Å². The Labute approximate surface area is 155 Å². The van der Waals surface area contributed by atoms with E-state index in [-0.39, 0.29) is 17.9 Å². The van der Waals surface area contributed by atoms with Crippen LogP contribution in [-0.4, -0.2) is 16.0 Å². The number of carbonyl (C=O) groups is 1. The van der Waals surface area contributed by atoms with Gasteiger partial charge in [0.25, 0.3) is 5.91 Å². The Morgan fingerprint density at radius 3 is 2.76 bits per heavy atom. The number of hydrogen-bond acceptors (Lipinski definition) is 5. The maximum Gasteiger partial charge on any atom is 0.262 e. The number of benzene rings is 1. The molecule has 0 aliphatic rings. The lowest BCUT2D eigenvalue weighted by molar-refractivity contribution is 0.0918. The summed E-state index contributed by atoms with van der Waals surface area (Å²) in [7, 11) is 0. The molecule has 0 aliphatic carbocycles. The molecule has 0 aliphatic heterocycles. The zero-order chi connectivity index (χ0) is 18.0. The van der Waals surface area contributed by atoms with Gasteiger partial charge in [0.05, 0.1) is 4.88 Å². The molecule has 0 unspecified atom stereocenters. The standard InChI is InChI=1S/C18H18ClN3O2S/c1-10(2)15(20-17(23)14-5-4-8-25-14)18-21-16(22-24-18)12-7-6-11(3)13(19)9-12/h4-10,15H,1-3H3,(H,20,23)/t15-/m1/s1. The van der Waals surface area contributed by atoms with Crippen molar-refractivity contribution in [2.75, 3.05) is 0 Å². The zero-order valence-corrected chi connectivity index (χ0v) is 15.7. The van der Waals surface area contributed by atoms with Crippen LogP contribution in [0, 0.1) is 12.8 Å². The van der Waals surface area contributed by atoms with E-state index < -0.39 is 0 Å². The van der Waals surface area contributed by atoms with Crippen molar-refractivity contribution in [1.29, 1.82) is 0 Å². The van der Waals surface area contributed by atoms with Gasteiger partial charge in [0.15, 0.2) is 0 Å². The SMILES string of the molecule is Cc1ccc(-c2noc([C@H](NC(=O)c3cccs3)C(C)C)n2)cc1Cl. The normalized spacial score (nSPS) is 12.4. The lowest BCUT2D eigenvalue weighted by Crippen LogP contribution is -2.31. The van der Waals surface area contributed by atoms with Crippen LogP contribution >= 0.6 is 22.9 Å². The molecule has 0 fully saturated rings. The molecule has 3 aromatic rings. The number of aromatic nitrogens is 2. The average Bonchev–Trinajstić information content (AvgIpc) is 3.26. The van der Waals surface area contributed by atoms with Crippen molar-refractivity contribution in [3.63, 3.8) is 0 Å². The molecule has 0 saturated heterocycles. The van der Waals surface area contributed by atoms with Crippen molar-refractivity contribution in [3.8, 4) is 11.4 Å². The van der Waals surface area contributed by atoms with Crippen LogP contribution in [0.15, 0.2) is 40.2 Å². The van der Waals surface area contributed by atoms with Crippen LogP contribution < -0.4 is 5.32 Å². The summed E-state index contributed by atoms with van der Waals surface area (Å²) >= 11 is 7.56. The highest BCUT2D eigenvalue weighted by atomic mass is 35.5. The van der Waals surface area contributed by atoms with Crippen molar-refractivity contribution in [2.24, 2.45) is 5.92 Å². The number of halogens is 1. The first kappa shape index (κ1) is 17.6. The number of aryl methyl sites for hydroxylation is 1. The third kappa shape index (κ3) is 3.91. The lowest BCUT2D eigenvalue weighted by atomic mass is 10.0. The molecule has 3 rings (SSSR count). The van der Waals surface area contributed by atoms with Gasteiger partial charge in [0, 0.05) is 10.6 Å². The fourth-order valence-electron chi connectivity index (χ4n) is 2.34. The van der Waals surface area contributed by atoms with Crippen molar-refractivity contribution >= 4 is 28.8 Å². The Hall–Kier alpha value is -2.18. The Bertz CT molecular complexity index is 874. The van der Waals surface area contributed by atoms with Crippen molar-refractivity contribution in [3.05, 3.63) is 57.1 Å². The minimum Gasteiger partial charge on any atom is -0.339 e. The highest BCUT2D eigenvalue weighted by molar-refractivity contribution is 7.12. The number of carbonyl (C=O) groups excluding carboxylic acids is 1. The van der Waals surface area contributed by atoms with E-state index in [1.54, 1.807) is 12.1 Å². The molecule has 0 radical (unpaired) electrons. The third-order valence-electron chi connectivity index (χ3n) is 3.84. The highest BCUT2D eigenvalue weighted by Gasteiger charge is 2.25. The topological polar surface area (TPSA) is 68.0 Å². The molecule has 5 nitrogen and oxygen atoms in total. The van der Waals surface area contributed by atoms with Gasteiger partial charge in [0.1, 0.15) is 6.04 Å². The van der Waals surface area contributed by atoms with E-state index in [0.29, 0.717) is 21.6 Å². The summed E-state index contributed by atoms with van der Waals surface area (Å²) in [5.41, 5.74) is 1.76. The summed E-state index contributed by atoms with van der Waals surface area (Å²) in [6.07, 6.45) is 0. The molecule has 2 aromatic heterocycles. The predicted octanol–water partition coefficient (Wildman–Crippen LogP) is 4.89. The Morgan fingerprint density at radius 1 is 1.32 bits per heavy atom. The highest BCUT2D eigenvalue weighted by Crippen LogP contribution is 2.27. The van der Waals surface area contributed by atoms with Crippen LogP contribution in [0.3, 0.4) is 0 Å². The second kappa shape index (κ2) is 7.37. The minimum absolute atomic E-state index is 0.0961. The Kier molecular flexibility index (Phi) is 5.20. The van der Waals surface area contributed by atoms with E-state index >= 15 is 0 Å². The van der Waals surface area contributed by atoms with E-state index in [1.807, 2.05) is 44.4 Å². The van der Waals surface area contributed by atoms with Crippen molar-refractivity contribution in [1.82, 2.24) is 15.5 Å². The van der Waals surface area contributed by atoms with Crippen LogP contribution in [-0.2, 0) is 0 Å². The molecule has 1 aromatic carbocycles. The summed E-state index contributed by atoms with van der Waals surface area (Å²) in [5.74, 6) is 0.783. The largest absolute Gasteiger partial charge is 0.339 e. The number of nitrogens with zero attached hydrogens (tertiary/aromatic N) is 2. The Morgan fingerprint density at radius 2 is 2.12 bits per heavy atom. The van der Waals surface area contributed by atoms with E-state index in [4.69, 9.17) is 16.1 Å². The van der Waals surface area contributed by atoms with Crippen molar-refractivity contribution in [2.45, 2.75) is 26.8 Å². The van der Waals surface area contributed by atoms with Crippen LogP contribution in [0.5, 0.6) is 0 Å². The van der Waals surface area contributed by atoms with Gasteiger partial charge in [0.2, 0.25) is 11.7 Å².